The topological polar surface area (TPSA) is 103 Å². The average Bonchev–Trinajstić information content (AvgIpc) is 3.32. The zero-order chi connectivity index (χ0) is 20.4. The zero-order valence-electron chi connectivity index (χ0n) is 16.0. The Balaban J connectivity index is 1.33. The van der Waals surface area contributed by atoms with Gasteiger partial charge in [-0.1, -0.05) is 48.5 Å². The molecule has 0 bridgehead atoms. The number of aryl methyl sites for hydroxylation is 1. The number of carbonyl (C=O) groups is 3. The number of amides is 2. The molecule has 1 fully saturated rings. The molecule has 29 heavy (non-hydrogen) atoms. The van der Waals surface area contributed by atoms with Gasteiger partial charge in [0, 0.05) is 5.56 Å². The molecule has 2 amide bonds. The van der Waals surface area contributed by atoms with Gasteiger partial charge in [-0.05, 0) is 24.8 Å². The Morgan fingerprint density at radius 3 is 2.41 bits per heavy atom. The lowest BCUT2D eigenvalue weighted by atomic mass is 9.85. The molecule has 8 nitrogen and oxygen atoms in total. The maximum absolute atomic E-state index is 12.4. The average molecular weight is 395 g/mol. The van der Waals surface area contributed by atoms with E-state index in [-0.39, 0.29) is 36.1 Å². The smallest absolute Gasteiger partial charge is 0.326 e. The van der Waals surface area contributed by atoms with Gasteiger partial charge in [-0.15, -0.1) is 0 Å². The molecule has 1 saturated heterocycles. The van der Waals surface area contributed by atoms with Crippen LogP contribution in [0.25, 0.3) is 11.4 Å². The van der Waals surface area contributed by atoms with Gasteiger partial charge >= 0.3 is 5.97 Å². The zero-order valence-corrected chi connectivity index (χ0v) is 16.0. The highest BCUT2D eigenvalue weighted by atomic mass is 16.6. The summed E-state index contributed by atoms with van der Waals surface area (Å²) in [5, 5.41) is 3.89. The fraction of sp³-hybridized carbons (Fsp3) is 0.381. The molecule has 2 atom stereocenters. The van der Waals surface area contributed by atoms with E-state index in [9.17, 15) is 14.4 Å². The summed E-state index contributed by atoms with van der Waals surface area (Å²) in [5.41, 5.74) is 2.00. The molecule has 2 aromatic rings. The van der Waals surface area contributed by atoms with E-state index in [1.807, 2.05) is 36.4 Å². The largest absolute Gasteiger partial charge is 0.454 e. The number of rotatable bonds is 6. The minimum absolute atomic E-state index is 0.143. The third-order valence-corrected chi connectivity index (χ3v) is 5.33. The van der Waals surface area contributed by atoms with Crippen molar-refractivity contribution in [3.05, 3.63) is 47.9 Å². The third kappa shape index (κ3) is 3.83. The lowest BCUT2D eigenvalue weighted by Crippen LogP contribution is -2.36. The Kier molecular flexibility index (Phi) is 5.24. The van der Waals surface area contributed by atoms with Crippen LogP contribution >= 0.6 is 0 Å². The van der Waals surface area contributed by atoms with E-state index in [1.54, 1.807) is 0 Å². The summed E-state index contributed by atoms with van der Waals surface area (Å²) in [6.45, 7) is 1.46. The van der Waals surface area contributed by atoms with Crippen molar-refractivity contribution < 1.29 is 23.6 Å². The molecule has 150 valence electrons. The Morgan fingerprint density at radius 1 is 1.14 bits per heavy atom. The van der Waals surface area contributed by atoms with E-state index in [0.717, 1.165) is 16.9 Å². The summed E-state index contributed by atoms with van der Waals surface area (Å²) in [7, 11) is 0. The van der Waals surface area contributed by atoms with Crippen LogP contribution in [0.5, 0.6) is 0 Å². The van der Waals surface area contributed by atoms with E-state index in [4.69, 9.17) is 9.26 Å². The quantitative estimate of drug-likeness (QED) is 0.420. The van der Waals surface area contributed by atoms with Gasteiger partial charge in [0.15, 0.2) is 6.61 Å². The molecule has 4 rings (SSSR count). The van der Waals surface area contributed by atoms with Crippen molar-refractivity contribution >= 4 is 17.8 Å². The Labute approximate surface area is 167 Å². The van der Waals surface area contributed by atoms with Crippen molar-refractivity contribution in [1.82, 2.24) is 15.0 Å². The van der Waals surface area contributed by atoms with E-state index in [0.29, 0.717) is 18.7 Å². The highest BCUT2D eigenvalue weighted by molar-refractivity contribution is 6.07. The molecule has 0 unspecified atom stereocenters. The van der Waals surface area contributed by atoms with Gasteiger partial charge in [-0.3, -0.25) is 19.3 Å². The van der Waals surface area contributed by atoms with Gasteiger partial charge in [0.1, 0.15) is 6.54 Å². The Morgan fingerprint density at radius 2 is 1.79 bits per heavy atom. The highest BCUT2D eigenvalue weighted by Crippen LogP contribution is 2.34. The van der Waals surface area contributed by atoms with Gasteiger partial charge < -0.3 is 9.26 Å². The van der Waals surface area contributed by atoms with Gasteiger partial charge in [-0.25, -0.2) is 0 Å². The molecule has 1 aliphatic carbocycles. The van der Waals surface area contributed by atoms with Crippen molar-refractivity contribution in [2.24, 2.45) is 11.8 Å². The first-order valence-electron chi connectivity index (χ1n) is 9.64. The van der Waals surface area contributed by atoms with Gasteiger partial charge in [0.25, 0.3) is 5.89 Å². The molecule has 0 spiro atoms. The summed E-state index contributed by atoms with van der Waals surface area (Å²) < 4.78 is 10.3. The number of nitrogens with zero attached hydrogens (tertiary/aromatic N) is 3. The predicted octanol–water partition coefficient (Wildman–Crippen LogP) is 2.29. The second kappa shape index (κ2) is 7.98. The van der Waals surface area contributed by atoms with Crippen LogP contribution in [0.1, 0.15) is 31.2 Å². The molecule has 0 saturated carbocycles. The van der Waals surface area contributed by atoms with E-state index in [1.165, 1.54) is 5.56 Å². The highest BCUT2D eigenvalue weighted by Gasteiger charge is 2.47. The first kappa shape index (κ1) is 19.0. The second-order valence-electron chi connectivity index (χ2n) is 7.14. The maximum atomic E-state index is 12.4. The number of aromatic nitrogens is 2. The monoisotopic (exact) mass is 395 g/mol. The van der Waals surface area contributed by atoms with E-state index < -0.39 is 12.5 Å². The van der Waals surface area contributed by atoms with Crippen LogP contribution in [0.2, 0.25) is 0 Å². The Bertz CT molecular complexity index is 937. The summed E-state index contributed by atoms with van der Waals surface area (Å²) in [4.78, 5) is 42.1. The minimum Gasteiger partial charge on any atom is -0.454 e. The molecule has 0 N–H and O–H groups in total. The SMILES string of the molecule is CCc1ccc(-c2noc(COC(=O)CN3C(=O)[C@H]4CC=CC[C@@H]4C3=O)n2)cc1. The van der Waals surface area contributed by atoms with Crippen molar-refractivity contribution in [1.29, 1.82) is 0 Å². The van der Waals surface area contributed by atoms with Gasteiger partial charge in [0.2, 0.25) is 17.6 Å². The van der Waals surface area contributed by atoms with Gasteiger partial charge in [-0.2, -0.15) is 4.98 Å². The number of benzene rings is 1. The van der Waals surface area contributed by atoms with E-state index >= 15 is 0 Å². The van der Waals surface area contributed by atoms with Crippen molar-refractivity contribution in [3.63, 3.8) is 0 Å². The van der Waals surface area contributed by atoms with Crippen LogP contribution in [-0.2, 0) is 32.1 Å². The number of hydrogen-bond donors (Lipinski definition) is 0. The van der Waals surface area contributed by atoms with Crippen LogP contribution in [0, 0.1) is 11.8 Å². The molecule has 8 heteroatoms. The molecule has 0 radical (unpaired) electrons. The number of imide groups is 1. The van der Waals surface area contributed by atoms with Crippen LogP contribution in [0.15, 0.2) is 40.9 Å². The standard InChI is InChI=1S/C21H21N3O5/c1-2-13-7-9-14(10-8-13)19-22-17(29-23-19)12-28-18(25)11-24-20(26)15-5-3-4-6-16(15)21(24)27/h3-4,7-10,15-16H,2,5-6,11-12H2,1H3/t15-,16-/m0/s1. The number of fused-ring (bicyclic) bond motifs is 1. The number of allylic oxidation sites excluding steroid dienone is 2. The van der Waals surface area contributed by atoms with Crippen molar-refractivity contribution in [2.75, 3.05) is 6.54 Å². The molecule has 1 aliphatic heterocycles. The third-order valence-electron chi connectivity index (χ3n) is 5.33. The first-order chi connectivity index (χ1) is 14.1. The molecule has 2 aliphatic rings. The van der Waals surface area contributed by atoms with Crippen molar-refractivity contribution in [2.45, 2.75) is 32.8 Å². The second-order valence-corrected chi connectivity index (χ2v) is 7.14. The van der Waals surface area contributed by atoms with Crippen LogP contribution in [0.3, 0.4) is 0 Å². The molecular weight excluding hydrogens is 374 g/mol. The number of ether oxygens (including phenoxy) is 1. The molecular formula is C21H21N3O5. The van der Waals surface area contributed by atoms with Crippen LogP contribution in [0.4, 0.5) is 0 Å². The number of hydrogen-bond acceptors (Lipinski definition) is 7. The summed E-state index contributed by atoms with van der Waals surface area (Å²) in [5.74, 6) is -1.49. The normalized spacial score (nSPS) is 20.8. The number of likely N-dealkylation sites (tertiary alicyclic amines) is 1. The first-order valence-corrected chi connectivity index (χ1v) is 9.64. The van der Waals surface area contributed by atoms with Crippen LogP contribution in [-0.4, -0.2) is 39.4 Å². The molecule has 1 aromatic carbocycles. The fourth-order valence-electron chi connectivity index (χ4n) is 3.66. The Hall–Kier alpha value is -3.29. The fourth-order valence-corrected chi connectivity index (χ4v) is 3.66. The maximum Gasteiger partial charge on any atom is 0.326 e. The van der Waals surface area contributed by atoms with Crippen LogP contribution < -0.4 is 0 Å². The van der Waals surface area contributed by atoms with Crippen molar-refractivity contribution in [3.8, 4) is 11.4 Å². The summed E-state index contributed by atoms with van der Waals surface area (Å²) in [6.07, 6.45) is 5.80. The lowest BCUT2D eigenvalue weighted by Gasteiger charge is -2.14. The summed E-state index contributed by atoms with van der Waals surface area (Å²) in [6, 6.07) is 7.78. The van der Waals surface area contributed by atoms with Gasteiger partial charge in [0.05, 0.1) is 11.8 Å². The lowest BCUT2D eigenvalue weighted by molar-refractivity contribution is -0.154. The minimum atomic E-state index is -0.689. The number of carbonyl (C=O) groups excluding carboxylic acids is 3. The van der Waals surface area contributed by atoms with E-state index in [2.05, 4.69) is 17.1 Å². The number of esters is 1. The molecule has 2 heterocycles. The molecule has 1 aromatic heterocycles. The predicted molar refractivity (Wildman–Crippen MR) is 101 cm³/mol. The summed E-state index contributed by atoms with van der Waals surface area (Å²) >= 11 is 0.